The van der Waals surface area contributed by atoms with Crippen molar-refractivity contribution in [3.05, 3.63) is 41.1 Å². The average molecular weight is 262 g/mol. The Hall–Kier alpha value is -1.25. The van der Waals surface area contributed by atoms with E-state index in [1.54, 1.807) is 0 Å². The van der Waals surface area contributed by atoms with Gasteiger partial charge in [0.25, 0.3) is 0 Å². The average Bonchev–Trinajstić information content (AvgIpc) is 2.63. The van der Waals surface area contributed by atoms with Gasteiger partial charge in [-0.25, -0.2) is 0 Å². The molecule has 2 nitrogen and oxygen atoms in total. The van der Waals surface area contributed by atoms with Crippen LogP contribution in [0.3, 0.4) is 0 Å². The lowest BCUT2D eigenvalue weighted by atomic mass is 10.1. The van der Waals surface area contributed by atoms with Gasteiger partial charge >= 0.3 is 0 Å². The van der Waals surface area contributed by atoms with Gasteiger partial charge in [0.15, 0.2) is 0 Å². The number of furan rings is 1. The van der Waals surface area contributed by atoms with Crippen molar-refractivity contribution >= 4 is 28.1 Å². The van der Waals surface area contributed by atoms with E-state index in [1.807, 2.05) is 18.2 Å². The third kappa shape index (κ3) is 2.31. The summed E-state index contributed by atoms with van der Waals surface area (Å²) in [6.07, 6.45) is 6.62. The molecule has 1 atom stereocenters. The van der Waals surface area contributed by atoms with Gasteiger partial charge in [-0.3, -0.25) is 0 Å². The second-order valence-corrected chi connectivity index (χ2v) is 5.33. The monoisotopic (exact) mass is 261 g/mol. The minimum atomic E-state index is 0.152. The van der Waals surface area contributed by atoms with Crippen molar-refractivity contribution in [3.8, 4) is 0 Å². The van der Waals surface area contributed by atoms with Crippen molar-refractivity contribution in [1.29, 1.82) is 0 Å². The molecule has 1 aromatic carbocycles. The molecule has 0 aliphatic heterocycles. The van der Waals surface area contributed by atoms with Crippen LogP contribution in [0.15, 0.2) is 34.8 Å². The molecule has 0 fully saturated rings. The number of halogens is 1. The molecular weight excluding hydrogens is 246 g/mol. The lowest BCUT2D eigenvalue weighted by Gasteiger charge is -2.03. The van der Waals surface area contributed by atoms with Crippen LogP contribution in [0.2, 0.25) is 5.02 Å². The highest BCUT2D eigenvalue weighted by molar-refractivity contribution is 6.31. The third-order valence-electron chi connectivity index (χ3n) is 3.44. The van der Waals surface area contributed by atoms with Crippen LogP contribution in [-0.4, -0.2) is 6.04 Å². The smallest absolute Gasteiger partial charge is 0.134 e. The van der Waals surface area contributed by atoms with Crippen LogP contribution in [0.1, 0.15) is 31.4 Å². The van der Waals surface area contributed by atoms with Crippen LogP contribution in [0, 0.1) is 0 Å². The molecule has 3 rings (SSSR count). The first-order valence-electron chi connectivity index (χ1n) is 6.38. The van der Waals surface area contributed by atoms with Gasteiger partial charge in [-0.15, -0.1) is 0 Å². The zero-order chi connectivity index (χ0) is 12.5. The van der Waals surface area contributed by atoms with Gasteiger partial charge < -0.3 is 10.2 Å². The zero-order valence-electron chi connectivity index (χ0n) is 10.2. The second kappa shape index (κ2) is 4.79. The summed E-state index contributed by atoms with van der Waals surface area (Å²) < 4.78 is 5.88. The molecule has 1 aliphatic rings. The molecule has 18 heavy (non-hydrogen) atoms. The van der Waals surface area contributed by atoms with Crippen LogP contribution >= 0.6 is 11.6 Å². The molecule has 2 aromatic rings. The van der Waals surface area contributed by atoms with Gasteiger partial charge in [-0.05, 0) is 49.1 Å². The predicted molar refractivity (Wildman–Crippen MR) is 75.6 cm³/mol. The van der Waals surface area contributed by atoms with E-state index >= 15 is 0 Å². The van der Waals surface area contributed by atoms with Gasteiger partial charge in [0.1, 0.15) is 11.3 Å². The van der Waals surface area contributed by atoms with Crippen LogP contribution in [0.4, 0.5) is 0 Å². The summed E-state index contributed by atoms with van der Waals surface area (Å²) in [5.41, 5.74) is 8.15. The summed E-state index contributed by atoms with van der Waals surface area (Å²) in [5.74, 6) is 0.935. The Morgan fingerprint density at radius 2 is 2.11 bits per heavy atom. The first-order valence-corrected chi connectivity index (χ1v) is 6.76. The van der Waals surface area contributed by atoms with E-state index in [1.165, 1.54) is 18.4 Å². The van der Waals surface area contributed by atoms with Gasteiger partial charge in [0.05, 0.1) is 0 Å². The fourth-order valence-electron chi connectivity index (χ4n) is 2.50. The molecule has 0 radical (unpaired) electrons. The fourth-order valence-corrected chi connectivity index (χ4v) is 2.68. The Bertz CT molecular complexity index is 600. The fraction of sp³-hybridized carbons (Fsp3) is 0.333. The van der Waals surface area contributed by atoms with Crippen LogP contribution < -0.4 is 5.73 Å². The van der Waals surface area contributed by atoms with E-state index in [0.29, 0.717) is 0 Å². The number of allylic oxidation sites excluding steroid dienone is 1. The van der Waals surface area contributed by atoms with E-state index < -0.39 is 0 Å². The normalized spacial score (nSPS) is 20.8. The molecule has 1 unspecified atom stereocenters. The maximum absolute atomic E-state index is 6.04. The summed E-state index contributed by atoms with van der Waals surface area (Å²) >= 11 is 5.99. The predicted octanol–water partition coefficient (Wildman–Crippen LogP) is 4.37. The lowest BCUT2D eigenvalue weighted by molar-refractivity contribution is 0.594. The highest BCUT2D eigenvalue weighted by atomic mass is 35.5. The summed E-state index contributed by atoms with van der Waals surface area (Å²) in [4.78, 5) is 0. The summed E-state index contributed by atoms with van der Waals surface area (Å²) in [6, 6.07) is 7.91. The van der Waals surface area contributed by atoms with Gasteiger partial charge in [-0.1, -0.05) is 24.1 Å². The van der Waals surface area contributed by atoms with Crippen molar-refractivity contribution < 1.29 is 4.42 Å². The Labute approximate surface area is 111 Å². The first-order chi connectivity index (χ1) is 8.72. The largest absolute Gasteiger partial charge is 0.456 e. The van der Waals surface area contributed by atoms with Crippen LogP contribution in [0.25, 0.3) is 16.5 Å². The first kappa shape index (κ1) is 11.8. The van der Waals surface area contributed by atoms with Crippen molar-refractivity contribution in [2.24, 2.45) is 5.73 Å². The highest BCUT2D eigenvalue weighted by Gasteiger charge is 2.13. The molecule has 0 spiro atoms. The number of benzene rings is 1. The number of hydrogen-bond donors (Lipinski definition) is 1. The quantitative estimate of drug-likeness (QED) is 0.828. The molecule has 1 aliphatic carbocycles. The van der Waals surface area contributed by atoms with Crippen molar-refractivity contribution in [1.82, 2.24) is 0 Å². The molecule has 0 bridgehead atoms. The molecule has 0 saturated heterocycles. The van der Waals surface area contributed by atoms with E-state index in [4.69, 9.17) is 21.8 Å². The van der Waals surface area contributed by atoms with E-state index in [9.17, 15) is 0 Å². The Kier molecular flexibility index (Phi) is 3.14. The lowest BCUT2D eigenvalue weighted by Crippen LogP contribution is -2.15. The molecule has 1 aromatic heterocycles. The number of rotatable bonds is 1. The minimum Gasteiger partial charge on any atom is -0.456 e. The molecule has 3 heteroatoms. The number of hydrogen-bond acceptors (Lipinski definition) is 2. The topological polar surface area (TPSA) is 39.2 Å². The molecule has 0 saturated carbocycles. The molecule has 94 valence electrons. The Balaban J connectivity index is 2.03. The summed E-state index contributed by atoms with van der Waals surface area (Å²) in [5, 5.41) is 1.79. The molecular formula is C15H16ClNO. The SMILES string of the molecule is NC1C=C(c2cc3cc(Cl)ccc3o2)CCCC1. The third-order valence-corrected chi connectivity index (χ3v) is 3.68. The number of fused-ring (bicyclic) bond motifs is 1. The Morgan fingerprint density at radius 1 is 1.22 bits per heavy atom. The summed E-state index contributed by atoms with van der Waals surface area (Å²) in [6.45, 7) is 0. The maximum Gasteiger partial charge on any atom is 0.134 e. The van der Waals surface area contributed by atoms with Gasteiger partial charge in [-0.2, -0.15) is 0 Å². The molecule has 2 N–H and O–H groups in total. The number of nitrogens with two attached hydrogens (primary N) is 1. The molecule has 1 heterocycles. The van der Waals surface area contributed by atoms with E-state index in [-0.39, 0.29) is 6.04 Å². The van der Waals surface area contributed by atoms with Crippen molar-refractivity contribution in [3.63, 3.8) is 0 Å². The van der Waals surface area contributed by atoms with Gasteiger partial charge in [0, 0.05) is 16.5 Å². The van der Waals surface area contributed by atoms with E-state index in [0.717, 1.165) is 34.6 Å². The summed E-state index contributed by atoms with van der Waals surface area (Å²) in [7, 11) is 0. The standard InChI is InChI=1S/C15H16ClNO/c16-12-5-6-14-11(7-12)9-15(18-14)10-3-1-2-4-13(17)8-10/h5-9,13H,1-4,17H2. The maximum atomic E-state index is 6.04. The van der Waals surface area contributed by atoms with Gasteiger partial charge in [0.2, 0.25) is 0 Å². The highest BCUT2D eigenvalue weighted by Crippen LogP contribution is 2.31. The Morgan fingerprint density at radius 3 is 3.00 bits per heavy atom. The minimum absolute atomic E-state index is 0.152. The van der Waals surface area contributed by atoms with Crippen molar-refractivity contribution in [2.45, 2.75) is 31.7 Å². The van der Waals surface area contributed by atoms with Crippen LogP contribution in [-0.2, 0) is 0 Å². The molecule has 0 amide bonds. The van der Waals surface area contributed by atoms with Crippen LogP contribution in [0.5, 0.6) is 0 Å². The van der Waals surface area contributed by atoms with Crippen molar-refractivity contribution in [2.75, 3.05) is 0 Å². The second-order valence-electron chi connectivity index (χ2n) is 4.89. The van der Waals surface area contributed by atoms with E-state index in [2.05, 4.69) is 12.1 Å². The zero-order valence-corrected chi connectivity index (χ0v) is 10.9.